The molecule has 0 radical (unpaired) electrons. The molecule has 2 rings (SSSR count). The van der Waals surface area contributed by atoms with Crippen LogP contribution in [0.3, 0.4) is 0 Å². The van der Waals surface area contributed by atoms with Crippen LogP contribution in [0.1, 0.15) is 25.5 Å². The monoisotopic (exact) mass is 298 g/mol. The van der Waals surface area contributed by atoms with Gasteiger partial charge in [-0.2, -0.15) is 0 Å². The van der Waals surface area contributed by atoms with Crippen molar-refractivity contribution in [3.63, 3.8) is 0 Å². The van der Waals surface area contributed by atoms with Crippen LogP contribution in [-0.4, -0.2) is 49.5 Å². The van der Waals surface area contributed by atoms with E-state index in [0.29, 0.717) is 13.0 Å². The van der Waals surface area contributed by atoms with Crippen molar-refractivity contribution in [3.8, 4) is 0 Å². The highest BCUT2D eigenvalue weighted by Crippen LogP contribution is 2.20. The Morgan fingerprint density at radius 3 is 2.90 bits per heavy atom. The Bertz CT molecular complexity index is 547. The Kier molecular flexibility index (Phi) is 4.93. The Labute approximate surface area is 120 Å². The van der Waals surface area contributed by atoms with Gasteiger partial charge in [0.25, 0.3) is 0 Å². The minimum Gasteiger partial charge on any atom is -0.354 e. The summed E-state index contributed by atoms with van der Waals surface area (Å²) in [7, 11) is -0.991. The first-order chi connectivity index (χ1) is 9.52. The predicted octanol–water partition coefficient (Wildman–Crippen LogP) is 0.599. The summed E-state index contributed by atoms with van der Waals surface area (Å²) in [6, 6.07) is 0.00755. The maximum atomic E-state index is 11.5. The summed E-state index contributed by atoms with van der Waals surface area (Å²) < 4.78 is 23.1. The second kappa shape index (κ2) is 6.49. The molecule has 6 nitrogen and oxygen atoms in total. The van der Waals surface area contributed by atoms with Gasteiger partial charge in [0, 0.05) is 25.8 Å². The summed E-state index contributed by atoms with van der Waals surface area (Å²) in [6.07, 6.45) is 5.17. The second-order valence-electron chi connectivity index (χ2n) is 5.21. The molecule has 20 heavy (non-hydrogen) atoms. The first-order valence-electron chi connectivity index (χ1n) is 6.96. The quantitative estimate of drug-likeness (QED) is 0.775. The van der Waals surface area contributed by atoms with Gasteiger partial charge in [0.1, 0.15) is 5.82 Å². The number of nitrogens with zero attached hydrogens (tertiary/aromatic N) is 3. The molecule has 1 fully saturated rings. The van der Waals surface area contributed by atoms with Crippen molar-refractivity contribution >= 4 is 15.7 Å². The summed E-state index contributed by atoms with van der Waals surface area (Å²) in [6.45, 7) is 3.75. The zero-order chi connectivity index (χ0) is 14.6. The van der Waals surface area contributed by atoms with Crippen LogP contribution in [0.4, 0.5) is 5.82 Å². The Morgan fingerprint density at radius 2 is 2.25 bits per heavy atom. The van der Waals surface area contributed by atoms with Crippen LogP contribution in [0, 0.1) is 0 Å². The fourth-order valence-electron chi connectivity index (χ4n) is 2.31. The lowest BCUT2D eigenvalue weighted by molar-refractivity contribution is 0.600. The maximum absolute atomic E-state index is 11.5. The van der Waals surface area contributed by atoms with Crippen LogP contribution in [0.2, 0.25) is 0 Å². The first-order valence-corrected chi connectivity index (χ1v) is 8.79. The lowest BCUT2D eigenvalue weighted by atomic mass is 10.2. The highest BCUT2D eigenvalue weighted by Gasteiger charge is 2.31. The maximum Gasteiger partial charge on any atom is 0.152 e. The molecule has 1 aliphatic heterocycles. The zero-order valence-corrected chi connectivity index (χ0v) is 12.9. The van der Waals surface area contributed by atoms with Crippen molar-refractivity contribution in [3.05, 3.63) is 18.1 Å². The summed E-state index contributed by atoms with van der Waals surface area (Å²) >= 11 is 0. The van der Waals surface area contributed by atoms with Crippen LogP contribution < -0.4 is 10.2 Å². The second-order valence-corrected chi connectivity index (χ2v) is 7.44. The SMILES string of the molecule is CCCNCc1cncc(N(C)C2CCS(=O)(=O)C2)n1. The van der Waals surface area contributed by atoms with E-state index in [1.807, 2.05) is 11.9 Å². The minimum absolute atomic E-state index is 0.00755. The highest BCUT2D eigenvalue weighted by molar-refractivity contribution is 7.91. The molecule has 1 saturated heterocycles. The molecule has 0 saturated carbocycles. The van der Waals surface area contributed by atoms with Gasteiger partial charge in [-0.3, -0.25) is 4.98 Å². The van der Waals surface area contributed by atoms with Gasteiger partial charge in [-0.1, -0.05) is 6.92 Å². The van der Waals surface area contributed by atoms with Gasteiger partial charge >= 0.3 is 0 Å². The first kappa shape index (κ1) is 15.2. The van der Waals surface area contributed by atoms with Gasteiger partial charge in [0.05, 0.1) is 23.4 Å². The van der Waals surface area contributed by atoms with E-state index in [9.17, 15) is 8.42 Å². The third-order valence-corrected chi connectivity index (χ3v) is 5.27. The molecule has 1 unspecified atom stereocenters. The Balaban J connectivity index is 2.03. The van der Waals surface area contributed by atoms with Crippen LogP contribution in [0.15, 0.2) is 12.4 Å². The fraction of sp³-hybridized carbons (Fsp3) is 0.692. The number of sulfone groups is 1. The van der Waals surface area contributed by atoms with E-state index in [2.05, 4.69) is 22.2 Å². The smallest absolute Gasteiger partial charge is 0.152 e. The number of rotatable bonds is 6. The summed E-state index contributed by atoms with van der Waals surface area (Å²) in [5.74, 6) is 1.22. The van der Waals surface area contributed by atoms with Gasteiger partial charge in [0.2, 0.25) is 0 Å². The summed E-state index contributed by atoms with van der Waals surface area (Å²) in [5.41, 5.74) is 0.878. The molecule has 1 aromatic heterocycles. The van der Waals surface area contributed by atoms with Crippen molar-refractivity contribution < 1.29 is 8.42 Å². The van der Waals surface area contributed by atoms with E-state index in [0.717, 1.165) is 24.5 Å². The predicted molar refractivity (Wildman–Crippen MR) is 79.5 cm³/mol. The van der Waals surface area contributed by atoms with E-state index in [-0.39, 0.29) is 17.5 Å². The van der Waals surface area contributed by atoms with Crippen molar-refractivity contribution in [2.45, 2.75) is 32.4 Å². The largest absolute Gasteiger partial charge is 0.354 e. The van der Waals surface area contributed by atoms with E-state index < -0.39 is 9.84 Å². The third kappa shape index (κ3) is 3.89. The number of aromatic nitrogens is 2. The third-order valence-electron chi connectivity index (χ3n) is 3.52. The van der Waals surface area contributed by atoms with Crippen LogP contribution in [0.5, 0.6) is 0 Å². The van der Waals surface area contributed by atoms with Crippen molar-refractivity contribution in [2.75, 3.05) is 30.0 Å². The number of nitrogens with one attached hydrogen (secondary N) is 1. The molecule has 112 valence electrons. The molecule has 0 spiro atoms. The molecule has 1 aliphatic rings. The average Bonchev–Trinajstić information content (AvgIpc) is 2.79. The minimum atomic E-state index is -2.88. The van der Waals surface area contributed by atoms with E-state index in [4.69, 9.17) is 0 Å². The summed E-state index contributed by atoms with van der Waals surface area (Å²) in [4.78, 5) is 10.7. The van der Waals surface area contributed by atoms with E-state index in [1.165, 1.54) is 0 Å². The van der Waals surface area contributed by atoms with Crippen LogP contribution >= 0.6 is 0 Å². The van der Waals surface area contributed by atoms with Gasteiger partial charge in [-0.15, -0.1) is 0 Å². The Morgan fingerprint density at radius 1 is 1.45 bits per heavy atom. The van der Waals surface area contributed by atoms with Crippen LogP contribution in [0.25, 0.3) is 0 Å². The fourth-order valence-corrected chi connectivity index (χ4v) is 4.09. The molecular formula is C13H22N4O2S. The number of anilines is 1. The van der Waals surface area contributed by atoms with Gasteiger partial charge in [0.15, 0.2) is 9.84 Å². The van der Waals surface area contributed by atoms with Gasteiger partial charge < -0.3 is 10.2 Å². The molecule has 1 atom stereocenters. The lowest BCUT2D eigenvalue weighted by Gasteiger charge is -2.24. The normalized spacial score (nSPS) is 21.0. The lowest BCUT2D eigenvalue weighted by Crippen LogP contribution is -2.33. The topological polar surface area (TPSA) is 75.2 Å². The molecule has 0 aliphatic carbocycles. The summed E-state index contributed by atoms with van der Waals surface area (Å²) in [5, 5.41) is 3.28. The van der Waals surface area contributed by atoms with Crippen molar-refractivity contribution in [2.24, 2.45) is 0 Å². The van der Waals surface area contributed by atoms with Crippen LogP contribution in [-0.2, 0) is 16.4 Å². The molecule has 7 heteroatoms. The molecule has 0 aromatic carbocycles. The molecule has 1 aromatic rings. The molecule has 0 bridgehead atoms. The number of hydrogen-bond donors (Lipinski definition) is 1. The van der Waals surface area contributed by atoms with Crippen molar-refractivity contribution in [1.82, 2.24) is 15.3 Å². The number of hydrogen-bond acceptors (Lipinski definition) is 6. The van der Waals surface area contributed by atoms with E-state index >= 15 is 0 Å². The average molecular weight is 298 g/mol. The van der Waals surface area contributed by atoms with Gasteiger partial charge in [-0.25, -0.2) is 13.4 Å². The molecule has 2 heterocycles. The molecular weight excluding hydrogens is 276 g/mol. The highest BCUT2D eigenvalue weighted by atomic mass is 32.2. The van der Waals surface area contributed by atoms with E-state index in [1.54, 1.807) is 12.4 Å². The van der Waals surface area contributed by atoms with Crippen molar-refractivity contribution in [1.29, 1.82) is 0 Å². The molecule has 1 N–H and O–H groups in total. The standard InChI is InChI=1S/C13H22N4O2S/c1-3-5-14-7-11-8-15-9-13(16-11)17(2)12-4-6-20(18,19)10-12/h8-9,12,14H,3-7,10H2,1-2H3. The molecule has 0 amide bonds. The zero-order valence-electron chi connectivity index (χ0n) is 12.0. The Hall–Kier alpha value is -1.21. The van der Waals surface area contributed by atoms with Gasteiger partial charge in [-0.05, 0) is 19.4 Å².